The molecule has 1 aromatic heterocycles. The summed E-state index contributed by atoms with van der Waals surface area (Å²) in [4.78, 5) is 19.4. The van der Waals surface area contributed by atoms with Crippen LogP contribution in [0, 0.1) is 10.1 Å². The van der Waals surface area contributed by atoms with Gasteiger partial charge in [-0.3, -0.25) is 10.1 Å². The first-order valence-electron chi connectivity index (χ1n) is 8.58. The van der Waals surface area contributed by atoms with Gasteiger partial charge in [-0.2, -0.15) is 4.98 Å². The number of nitrogen functional groups attached to an aromatic ring is 2. The number of nitrogens with two attached hydrogens (primary N) is 2. The quantitative estimate of drug-likeness (QED) is 0.421. The molecule has 9 heteroatoms. The van der Waals surface area contributed by atoms with E-state index in [9.17, 15) is 10.1 Å². The van der Waals surface area contributed by atoms with Crippen molar-refractivity contribution in [2.45, 2.75) is 19.9 Å². The lowest BCUT2D eigenvalue weighted by Gasteiger charge is -2.13. The molecule has 144 valence electrons. The van der Waals surface area contributed by atoms with Gasteiger partial charge in [-0.15, -0.1) is 0 Å². The Labute approximate surface area is 166 Å². The summed E-state index contributed by atoms with van der Waals surface area (Å²) in [5, 5.41) is 15.3. The van der Waals surface area contributed by atoms with Gasteiger partial charge in [-0.25, -0.2) is 4.98 Å². The number of nitrogens with one attached hydrogen (secondary N) is 1. The SMILES string of the molecule is CCc1nc(N)nc(N)c1-c1ccc(NCc2ccc(Cl)cc2)c([N+](=O)[O-])c1. The summed E-state index contributed by atoms with van der Waals surface area (Å²) in [7, 11) is 0. The number of aryl methyl sites for hydroxylation is 1. The van der Waals surface area contributed by atoms with Crippen LogP contribution in [0.5, 0.6) is 0 Å². The van der Waals surface area contributed by atoms with Crippen molar-refractivity contribution in [1.29, 1.82) is 0 Å². The number of halogens is 1. The number of nitro benzene ring substituents is 1. The van der Waals surface area contributed by atoms with Gasteiger partial charge in [0.2, 0.25) is 5.95 Å². The molecule has 3 rings (SSSR count). The van der Waals surface area contributed by atoms with E-state index in [1.165, 1.54) is 6.07 Å². The minimum atomic E-state index is -0.437. The van der Waals surface area contributed by atoms with Crippen LogP contribution in [0.3, 0.4) is 0 Å². The molecule has 0 amide bonds. The second-order valence-electron chi connectivity index (χ2n) is 6.11. The molecular weight excluding hydrogens is 380 g/mol. The van der Waals surface area contributed by atoms with Crippen LogP contribution < -0.4 is 16.8 Å². The molecule has 0 aliphatic carbocycles. The monoisotopic (exact) mass is 398 g/mol. The van der Waals surface area contributed by atoms with Crippen LogP contribution in [-0.4, -0.2) is 14.9 Å². The van der Waals surface area contributed by atoms with Gasteiger partial charge in [-0.1, -0.05) is 36.7 Å². The topological polar surface area (TPSA) is 133 Å². The zero-order valence-corrected chi connectivity index (χ0v) is 15.9. The Morgan fingerprint density at radius 2 is 1.86 bits per heavy atom. The highest BCUT2D eigenvalue weighted by molar-refractivity contribution is 6.30. The molecule has 1 heterocycles. The molecule has 3 aromatic rings. The molecule has 0 spiro atoms. The van der Waals surface area contributed by atoms with Crippen LogP contribution >= 0.6 is 11.6 Å². The number of hydrogen-bond acceptors (Lipinski definition) is 7. The summed E-state index contributed by atoms with van der Waals surface area (Å²) in [6.07, 6.45) is 0.566. The fourth-order valence-corrected chi connectivity index (χ4v) is 3.03. The van der Waals surface area contributed by atoms with E-state index >= 15 is 0 Å². The van der Waals surface area contributed by atoms with Crippen LogP contribution in [-0.2, 0) is 13.0 Å². The molecule has 0 aliphatic heterocycles. The second kappa shape index (κ2) is 8.10. The maximum Gasteiger partial charge on any atom is 0.292 e. The molecule has 0 radical (unpaired) electrons. The highest BCUT2D eigenvalue weighted by atomic mass is 35.5. The lowest BCUT2D eigenvalue weighted by molar-refractivity contribution is -0.383. The minimum absolute atomic E-state index is 0.0651. The molecule has 0 saturated carbocycles. The van der Waals surface area contributed by atoms with E-state index in [-0.39, 0.29) is 17.5 Å². The first kappa shape index (κ1) is 19.4. The minimum Gasteiger partial charge on any atom is -0.383 e. The summed E-state index contributed by atoms with van der Waals surface area (Å²) in [6.45, 7) is 2.33. The standard InChI is InChI=1S/C19H19ClN6O2/c1-2-14-17(18(21)25-19(22)24-14)12-5-8-15(16(9-12)26(27)28)23-10-11-3-6-13(20)7-4-11/h3-9,23H,2,10H2,1H3,(H4,21,22,24,25). The third kappa shape index (κ3) is 4.12. The van der Waals surface area contributed by atoms with Crippen LogP contribution in [0.15, 0.2) is 42.5 Å². The van der Waals surface area contributed by atoms with Gasteiger partial charge in [-0.05, 0) is 35.7 Å². The molecule has 0 fully saturated rings. The van der Waals surface area contributed by atoms with E-state index in [1.807, 2.05) is 19.1 Å². The van der Waals surface area contributed by atoms with Crippen molar-refractivity contribution in [3.05, 3.63) is 68.9 Å². The Balaban J connectivity index is 1.96. The van der Waals surface area contributed by atoms with Crippen molar-refractivity contribution in [3.8, 4) is 11.1 Å². The normalized spacial score (nSPS) is 10.6. The molecule has 28 heavy (non-hydrogen) atoms. The molecule has 0 aliphatic rings. The average Bonchev–Trinajstić information content (AvgIpc) is 2.67. The van der Waals surface area contributed by atoms with Crippen LogP contribution in [0.25, 0.3) is 11.1 Å². The maximum atomic E-state index is 11.6. The molecule has 0 bridgehead atoms. The maximum absolute atomic E-state index is 11.6. The van der Waals surface area contributed by atoms with Crippen molar-refractivity contribution in [2.24, 2.45) is 0 Å². The van der Waals surface area contributed by atoms with Crippen molar-refractivity contribution in [2.75, 3.05) is 16.8 Å². The third-order valence-corrected chi connectivity index (χ3v) is 4.50. The van der Waals surface area contributed by atoms with E-state index in [4.69, 9.17) is 23.1 Å². The Morgan fingerprint density at radius 3 is 2.50 bits per heavy atom. The number of rotatable bonds is 6. The van der Waals surface area contributed by atoms with Crippen molar-refractivity contribution < 1.29 is 4.92 Å². The van der Waals surface area contributed by atoms with E-state index in [1.54, 1.807) is 24.3 Å². The number of nitro groups is 1. The van der Waals surface area contributed by atoms with Gasteiger partial charge in [0.15, 0.2) is 0 Å². The number of anilines is 3. The lowest BCUT2D eigenvalue weighted by Crippen LogP contribution is -2.07. The van der Waals surface area contributed by atoms with Gasteiger partial charge in [0, 0.05) is 23.2 Å². The molecule has 8 nitrogen and oxygen atoms in total. The zero-order valence-electron chi connectivity index (χ0n) is 15.1. The molecule has 2 aromatic carbocycles. The van der Waals surface area contributed by atoms with E-state index in [2.05, 4.69) is 15.3 Å². The van der Waals surface area contributed by atoms with Gasteiger partial charge in [0.25, 0.3) is 5.69 Å². The van der Waals surface area contributed by atoms with E-state index in [0.29, 0.717) is 40.5 Å². The summed E-state index contributed by atoms with van der Waals surface area (Å²) >= 11 is 5.88. The fourth-order valence-electron chi connectivity index (χ4n) is 2.90. The fraction of sp³-hybridized carbons (Fsp3) is 0.158. The Morgan fingerprint density at radius 1 is 1.14 bits per heavy atom. The molecule has 0 atom stereocenters. The van der Waals surface area contributed by atoms with Crippen molar-refractivity contribution in [1.82, 2.24) is 9.97 Å². The first-order chi connectivity index (χ1) is 13.4. The van der Waals surface area contributed by atoms with Crippen LogP contribution in [0.1, 0.15) is 18.2 Å². The zero-order chi connectivity index (χ0) is 20.3. The first-order valence-corrected chi connectivity index (χ1v) is 8.95. The van der Waals surface area contributed by atoms with Crippen molar-refractivity contribution in [3.63, 3.8) is 0 Å². The van der Waals surface area contributed by atoms with E-state index in [0.717, 1.165) is 5.56 Å². The van der Waals surface area contributed by atoms with Crippen LogP contribution in [0.4, 0.5) is 23.1 Å². The predicted octanol–water partition coefficient (Wildman–Crippen LogP) is 4.04. The summed E-state index contributed by atoms with van der Waals surface area (Å²) in [5.74, 6) is 0.273. The highest BCUT2D eigenvalue weighted by Crippen LogP contribution is 2.35. The Bertz CT molecular complexity index is 1020. The summed E-state index contributed by atoms with van der Waals surface area (Å²) < 4.78 is 0. The molecule has 0 unspecified atom stereocenters. The average molecular weight is 399 g/mol. The molecule has 5 N–H and O–H groups in total. The molecule has 0 saturated heterocycles. The highest BCUT2D eigenvalue weighted by Gasteiger charge is 2.19. The van der Waals surface area contributed by atoms with Gasteiger partial charge < -0.3 is 16.8 Å². The number of nitrogens with zero attached hydrogens (tertiary/aromatic N) is 3. The van der Waals surface area contributed by atoms with Gasteiger partial charge in [0.1, 0.15) is 11.5 Å². The Kier molecular flexibility index (Phi) is 5.60. The summed E-state index contributed by atoms with van der Waals surface area (Å²) in [6, 6.07) is 12.1. The molecular formula is C19H19ClN6O2. The predicted molar refractivity (Wildman–Crippen MR) is 111 cm³/mol. The van der Waals surface area contributed by atoms with Crippen LogP contribution in [0.2, 0.25) is 5.02 Å². The third-order valence-electron chi connectivity index (χ3n) is 4.24. The van der Waals surface area contributed by atoms with Crippen molar-refractivity contribution >= 4 is 34.7 Å². The largest absolute Gasteiger partial charge is 0.383 e. The summed E-state index contributed by atoms with van der Waals surface area (Å²) in [5.41, 5.74) is 14.7. The number of aromatic nitrogens is 2. The smallest absolute Gasteiger partial charge is 0.292 e. The van der Waals surface area contributed by atoms with Gasteiger partial charge >= 0.3 is 0 Å². The number of benzene rings is 2. The van der Waals surface area contributed by atoms with Gasteiger partial charge in [0.05, 0.1) is 10.6 Å². The Hall–Kier alpha value is -3.39. The second-order valence-corrected chi connectivity index (χ2v) is 6.55. The lowest BCUT2D eigenvalue weighted by atomic mass is 10.0. The van der Waals surface area contributed by atoms with E-state index < -0.39 is 4.92 Å². The number of hydrogen-bond donors (Lipinski definition) is 3.